The molecule has 3 N–H and O–H groups in total. The van der Waals surface area contributed by atoms with Gasteiger partial charge in [-0.1, -0.05) is 0 Å². The first-order chi connectivity index (χ1) is 6.99. The number of nitrogens with two attached hydrogens (primary N) is 1. The Hall–Kier alpha value is -0.610. The van der Waals surface area contributed by atoms with Gasteiger partial charge in [-0.25, -0.2) is 0 Å². The molecule has 1 saturated carbocycles. The molecule has 0 spiro atoms. The summed E-state index contributed by atoms with van der Waals surface area (Å²) in [4.78, 5) is 13.6. The summed E-state index contributed by atoms with van der Waals surface area (Å²) in [5.41, 5.74) is 5.85. The van der Waals surface area contributed by atoms with E-state index in [1.165, 1.54) is 0 Å². The van der Waals surface area contributed by atoms with Crippen LogP contribution in [-0.2, 0) is 4.79 Å². The van der Waals surface area contributed by atoms with Crippen LogP contribution in [0.2, 0.25) is 0 Å². The molecular weight excluding hydrogens is 190 g/mol. The van der Waals surface area contributed by atoms with Crippen LogP contribution in [0.15, 0.2) is 0 Å². The van der Waals surface area contributed by atoms with Crippen molar-refractivity contribution in [3.05, 3.63) is 0 Å². The predicted octanol–water partition coefficient (Wildman–Crippen LogP) is 0.323. The molecule has 0 aliphatic heterocycles. The van der Waals surface area contributed by atoms with Crippen LogP contribution in [0.25, 0.3) is 0 Å². The van der Waals surface area contributed by atoms with Gasteiger partial charge in [0.1, 0.15) is 0 Å². The van der Waals surface area contributed by atoms with Crippen molar-refractivity contribution in [2.75, 3.05) is 13.6 Å². The van der Waals surface area contributed by atoms with E-state index in [1.807, 2.05) is 20.9 Å². The first-order valence-corrected chi connectivity index (χ1v) is 5.74. The Morgan fingerprint density at radius 2 is 2.20 bits per heavy atom. The average Bonchev–Trinajstić information content (AvgIpc) is 2.49. The fourth-order valence-corrected chi connectivity index (χ4v) is 2.12. The van der Waals surface area contributed by atoms with Gasteiger partial charge in [-0.15, -0.1) is 0 Å². The molecule has 0 radical (unpaired) electrons. The fourth-order valence-electron chi connectivity index (χ4n) is 2.12. The molecule has 0 bridgehead atoms. The van der Waals surface area contributed by atoms with Crippen molar-refractivity contribution in [1.29, 1.82) is 0 Å². The van der Waals surface area contributed by atoms with Crippen molar-refractivity contribution < 1.29 is 4.79 Å². The van der Waals surface area contributed by atoms with Crippen LogP contribution in [0.4, 0.5) is 0 Å². The molecule has 1 amide bonds. The molecule has 2 unspecified atom stereocenters. The van der Waals surface area contributed by atoms with Crippen molar-refractivity contribution in [2.45, 2.75) is 51.2 Å². The maximum atomic E-state index is 11.5. The van der Waals surface area contributed by atoms with Crippen molar-refractivity contribution in [1.82, 2.24) is 10.2 Å². The fraction of sp³-hybridized carbons (Fsp3) is 0.909. The minimum Gasteiger partial charge on any atom is -0.353 e. The van der Waals surface area contributed by atoms with E-state index < -0.39 is 0 Å². The average molecular weight is 213 g/mol. The van der Waals surface area contributed by atoms with Gasteiger partial charge in [0, 0.05) is 18.1 Å². The van der Waals surface area contributed by atoms with Crippen LogP contribution in [0.5, 0.6) is 0 Å². The van der Waals surface area contributed by atoms with Crippen molar-refractivity contribution >= 4 is 5.91 Å². The van der Waals surface area contributed by atoms with Gasteiger partial charge in [0.15, 0.2) is 0 Å². The van der Waals surface area contributed by atoms with Gasteiger partial charge in [0.25, 0.3) is 0 Å². The highest BCUT2D eigenvalue weighted by Crippen LogP contribution is 2.21. The maximum absolute atomic E-state index is 11.5. The maximum Gasteiger partial charge on any atom is 0.234 e. The summed E-state index contributed by atoms with van der Waals surface area (Å²) >= 11 is 0. The number of nitrogens with zero attached hydrogens (tertiary/aromatic N) is 1. The molecule has 15 heavy (non-hydrogen) atoms. The Bertz CT molecular complexity index is 218. The number of likely N-dealkylation sites (N-methyl/N-ethyl adjacent to an activating group) is 1. The van der Waals surface area contributed by atoms with Crippen molar-refractivity contribution in [2.24, 2.45) is 5.73 Å². The normalized spacial score (nSPS) is 26.3. The zero-order chi connectivity index (χ0) is 11.4. The first kappa shape index (κ1) is 12.5. The van der Waals surface area contributed by atoms with Gasteiger partial charge in [0.2, 0.25) is 5.91 Å². The van der Waals surface area contributed by atoms with E-state index in [2.05, 4.69) is 10.2 Å². The van der Waals surface area contributed by atoms with E-state index in [0.717, 1.165) is 19.3 Å². The SMILES string of the molecule is CC(C)NC(=O)CN(C)C1CCC(N)C1. The second-order valence-corrected chi connectivity index (χ2v) is 4.86. The molecule has 0 saturated heterocycles. The van der Waals surface area contributed by atoms with E-state index in [1.54, 1.807) is 0 Å². The standard InChI is InChI=1S/C11H23N3O/c1-8(2)13-11(15)7-14(3)10-5-4-9(12)6-10/h8-10H,4-7,12H2,1-3H3,(H,13,15). The molecule has 4 nitrogen and oxygen atoms in total. The number of carbonyl (C=O) groups excluding carboxylic acids is 1. The monoisotopic (exact) mass is 213 g/mol. The molecule has 1 fully saturated rings. The van der Waals surface area contributed by atoms with E-state index in [0.29, 0.717) is 18.6 Å². The second kappa shape index (κ2) is 5.47. The Morgan fingerprint density at radius 1 is 1.53 bits per heavy atom. The lowest BCUT2D eigenvalue weighted by atomic mass is 10.2. The van der Waals surface area contributed by atoms with E-state index in [9.17, 15) is 4.79 Å². The van der Waals surface area contributed by atoms with Crippen molar-refractivity contribution in [3.8, 4) is 0 Å². The predicted molar refractivity (Wildman–Crippen MR) is 61.5 cm³/mol. The van der Waals surface area contributed by atoms with Gasteiger partial charge in [-0.05, 0) is 40.2 Å². The Labute approximate surface area is 92.2 Å². The van der Waals surface area contributed by atoms with Gasteiger partial charge in [-0.3, -0.25) is 9.69 Å². The molecule has 1 rings (SSSR count). The van der Waals surface area contributed by atoms with Crippen LogP contribution >= 0.6 is 0 Å². The highest BCUT2D eigenvalue weighted by Gasteiger charge is 2.25. The van der Waals surface area contributed by atoms with Crippen LogP contribution in [-0.4, -0.2) is 42.5 Å². The molecule has 4 heteroatoms. The number of amides is 1. The Morgan fingerprint density at radius 3 is 2.67 bits per heavy atom. The molecule has 88 valence electrons. The van der Waals surface area contributed by atoms with Gasteiger partial charge >= 0.3 is 0 Å². The zero-order valence-corrected chi connectivity index (χ0v) is 9.99. The highest BCUT2D eigenvalue weighted by atomic mass is 16.2. The molecular formula is C11H23N3O. The summed E-state index contributed by atoms with van der Waals surface area (Å²) < 4.78 is 0. The Kier molecular flexibility index (Phi) is 4.54. The van der Waals surface area contributed by atoms with E-state index >= 15 is 0 Å². The topological polar surface area (TPSA) is 58.4 Å². The second-order valence-electron chi connectivity index (χ2n) is 4.86. The summed E-state index contributed by atoms with van der Waals surface area (Å²) in [6.45, 7) is 4.43. The van der Waals surface area contributed by atoms with Crippen LogP contribution < -0.4 is 11.1 Å². The first-order valence-electron chi connectivity index (χ1n) is 5.74. The summed E-state index contributed by atoms with van der Waals surface area (Å²) in [5, 5.41) is 2.90. The zero-order valence-electron chi connectivity index (χ0n) is 9.99. The molecule has 0 aromatic carbocycles. The van der Waals surface area contributed by atoms with E-state index in [-0.39, 0.29) is 11.9 Å². The number of carbonyl (C=O) groups is 1. The van der Waals surface area contributed by atoms with Gasteiger partial charge < -0.3 is 11.1 Å². The molecule has 1 aliphatic rings. The van der Waals surface area contributed by atoms with E-state index in [4.69, 9.17) is 5.73 Å². The number of rotatable bonds is 4. The van der Waals surface area contributed by atoms with Crippen molar-refractivity contribution in [3.63, 3.8) is 0 Å². The highest BCUT2D eigenvalue weighted by molar-refractivity contribution is 5.78. The molecule has 0 aromatic heterocycles. The lowest BCUT2D eigenvalue weighted by Gasteiger charge is -2.24. The lowest BCUT2D eigenvalue weighted by Crippen LogP contribution is -2.42. The minimum atomic E-state index is 0.105. The summed E-state index contributed by atoms with van der Waals surface area (Å²) in [6.07, 6.45) is 3.22. The third-order valence-corrected chi connectivity index (χ3v) is 2.91. The molecule has 0 aromatic rings. The smallest absolute Gasteiger partial charge is 0.234 e. The summed E-state index contributed by atoms with van der Waals surface area (Å²) in [5.74, 6) is 0.105. The van der Waals surface area contributed by atoms with Crippen LogP contribution in [0.1, 0.15) is 33.1 Å². The quantitative estimate of drug-likeness (QED) is 0.707. The Balaban J connectivity index is 2.29. The summed E-state index contributed by atoms with van der Waals surface area (Å²) in [6, 6.07) is 1.03. The third kappa shape index (κ3) is 4.18. The number of hydrogen-bond acceptors (Lipinski definition) is 3. The van der Waals surface area contributed by atoms with Gasteiger partial charge in [-0.2, -0.15) is 0 Å². The molecule has 0 heterocycles. The molecule has 2 atom stereocenters. The largest absolute Gasteiger partial charge is 0.353 e. The number of nitrogens with one attached hydrogen (secondary N) is 1. The summed E-state index contributed by atoms with van der Waals surface area (Å²) in [7, 11) is 2.00. The third-order valence-electron chi connectivity index (χ3n) is 2.91. The van der Waals surface area contributed by atoms with Gasteiger partial charge in [0.05, 0.1) is 6.54 Å². The molecule has 1 aliphatic carbocycles. The minimum absolute atomic E-state index is 0.105. The lowest BCUT2D eigenvalue weighted by molar-refractivity contribution is -0.122. The number of hydrogen-bond donors (Lipinski definition) is 2. The van der Waals surface area contributed by atoms with Crippen LogP contribution in [0, 0.1) is 0 Å². The van der Waals surface area contributed by atoms with Crippen LogP contribution in [0.3, 0.4) is 0 Å².